The van der Waals surface area contributed by atoms with E-state index in [2.05, 4.69) is 30.6 Å². The van der Waals surface area contributed by atoms with E-state index in [-0.39, 0.29) is 59.1 Å². The van der Waals surface area contributed by atoms with Gasteiger partial charge in [-0.15, -0.1) is 0 Å². The van der Waals surface area contributed by atoms with Gasteiger partial charge in [0.05, 0.1) is 0 Å². The number of rotatable bonds is 5. The Morgan fingerprint density at radius 2 is 1.14 bits per heavy atom. The third-order valence-corrected chi connectivity index (χ3v) is 2.77. The molecule has 6 nitrogen and oxygen atoms in total. The summed E-state index contributed by atoms with van der Waals surface area (Å²) in [5, 5.41) is 7.05. The fourth-order valence-corrected chi connectivity index (χ4v) is 2.13. The molecule has 0 radical (unpaired) electrons. The molecule has 2 rings (SSSR count). The maximum atomic E-state index is 4.96. The molecular formula is C12H14N6Na2S2. The molecule has 0 fully saturated rings. The normalized spacial score (nSPS) is 9.36. The molecule has 0 spiro atoms. The van der Waals surface area contributed by atoms with Gasteiger partial charge in [0.25, 0.3) is 0 Å². The summed E-state index contributed by atoms with van der Waals surface area (Å²) in [7, 11) is 0. The van der Waals surface area contributed by atoms with E-state index in [0.717, 1.165) is 23.0 Å². The molecule has 0 aliphatic heterocycles. The average Bonchev–Trinajstić information content (AvgIpc) is 2.32. The van der Waals surface area contributed by atoms with Crippen molar-refractivity contribution >= 4 is 36.9 Å². The van der Waals surface area contributed by atoms with E-state index in [0.29, 0.717) is 23.4 Å². The van der Waals surface area contributed by atoms with Gasteiger partial charge < -0.3 is 35.9 Å². The Labute approximate surface area is 185 Å². The van der Waals surface area contributed by atoms with Crippen LogP contribution in [-0.2, 0) is 25.3 Å². The standard InChI is InChI=1S/C12H16N6S2.2Na/c1-7-5-9(17-11(19)15-7)13-3-4-14-10-6-8(2)16-12(20)18-10;;/h5-6H,3-4H2,1-2H3,(H2,13,15,17,19)(H2,14,16,18,20);;/q;2*+1/p-2. The summed E-state index contributed by atoms with van der Waals surface area (Å²) in [6.45, 7) is 5.13. The van der Waals surface area contributed by atoms with E-state index in [4.69, 9.17) is 25.3 Å². The predicted octanol–water partition coefficient (Wildman–Crippen LogP) is -4.77. The van der Waals surface area contributed by atoms with Gasteiger partial charge in [-0.05, 0) is 13.8 Å². The van der Waals surface area contributed by atoms with E-state index in [9.17, 15) is 0 Å². The Bertz CT molecular complexity index is 520. The van der Waals surface area contributed by atoms with Crippen LogP contribution in [0.1, 0.15) is 11.4 Å². The molecule has 2 heterocycles. The molecule has 0 amide bonds. The zero-order valence-electron chi connectivity index (χ0n) is 13.2. The molecule has 0 aromatic carbocycles. The van der Waals surface area contributed by atoms with Crippen LogP contribution in [0.25, 0.3) is 0 Å². The van der Waals surface area contributed by atoms with Crippen molar-refractivity contribution in [1.29, 1.82) is 0 Å². The number of aromatic nitrogens is 4. The Morgan fingerprint density at radius 1 is 0.773 bits per heavy atom. The van der Waals surface area contributed by atoms with Crippen LogP contribution in [-0.4, -0.2) is 33.0 Å². The minimum Gasteiger partial charge on any atom is -0.740 e. The number of hydrogen-bond acceptors (Lipinski definition) is 8. The second-order valence-corrected chi connectivity index (χ2v) is 4.94. The van der Waals surface area contributed by atoms with Crippen LogP contribution in [0, 0.1) is 13.8 Å². The number of hydrogen-bond donors (Lipinski definition) is 2. The molecule has 106 valence electrons. The molecule has 0 aliphatic carbocycles. The van der Waals surface area contributed by atoms with Crippen molar-refractivity contribution in [3.63, 3.8) is 0 Å². The van der Waals surface area contributed by atoms with Crippen molar-refractivity contribution in [2.45, 2.75) is 24.2 Å². The van der Waals surface area contributed by atoms with Gasteiger partial charge in [0, 0.05) is 46.9 Å². The molecule has 2 aromatic heterocycles. The smallest absolute Gasteiger partial charge is 0.740 e. The average molecular weight is 352 g/mol. The summed E-state index contributed by atoms with van der Waals surface area (Å²) in [4.78, 5) is 16.4. The van der Waals surface area contributed by atoms with Crippen molar-refractivity contribution in [3.8, 4) is 0 Å². The van der Waals surface area contributed by atoms with Crippen molar-refractivity contribution in [2.75, 3.05) is 23.7 Å². The van der Waals surface area contributed by atoms with Gasteiger partial charge >= 0.3 is 59.1 Å². The summed E-state index contributed by atoms with van der Waals surface area (Å²) in [6, 6.07) is 3.71. The zero-order valence-corrected chi connectivity index (χ0v) is 18.8. The van der Waals surface area contributed by atoms with Gasteiger partial charge in [-0.3, -0.25) is 9.97 Å². The van der Waals surface area contributed by atoms with E-state index in [1.165, 1.54) is 0 Å². The molecule has 0 saturated carbocycles. The Hall–Kier alpha value is 0.200. The molecule has 2 N–H and O–H groups in total. The fraction of sp³-hybridized carbons (Fsp3) is 0.333. The van der Waals surface area contributed by atoms with Crippen LogP contribution in [0.2, 0.25) is 0 Å². The summed E-state index contributed by atoms with van der Waals surface area (Å²) >= 11 is 9.93. The predicted molar refractivity (Wildman–Crippen MR) is 81.8 cm³/mol. The second kappa shape index (κ2) is 10.9. The van der Waals surface area contributed by atoms with Crippen LogP contribution in [0.4, 0.5) is 11.6 Å². The van der Waals surface area contributed by atoms with E-state index in [1.807, 2.05) is 26.0 Å². The largest absolute Gasteiger partial charge is 1.00 e. The molecule has 0 atom stereocenters. The number of nitrogens with zero attached hydrogens (tertiary/aromatic N) is 4. The molecule has 0 bridgehead atoms. The first-order chi connectivity index (χ1) is 9.52. The van der Waals surface area contributed by atoms with Crippen LogP contribution in [0.15, 0.2) is 22.4 Å². The quantitative estimate of drug-likeness (QED) is 0.240. The summed E-state index contributed by atoms with van der Waals surface area (Å²) in [6.07, 6.45) is 0. The first-order valence-electron chi connectivity index (χ1n) is 6.06. The van der Waals surface area contributed by atoms with Gasteiger partial charge in [-0.2, -0.15) is 0 Å². The van der Waals surface area contributed by atoms with Gasteiger partial charge in [-0.25, -0.2) is 9.97 Å². The van der Waals surface area contributed by atoms with Crippen LogP contribution < -0.4 is 69.7 Å². The van der Waals surface area contributed by atoms with Crippen LogP contribution >= 0.6 is 0 Å². The van der Waals surface area contributed by atoms with Gasteiger partial charge in [0.1, 0.15) is 11.6 Å². The van der Waals surface area contributed by atoms with Crippen LogP contribution in [0.3, 0.4) is 0 Å². The van der Waals surface area contributed by atoms with E-state index >= 15 is 0 Å². The minimum atomic E-state index is 0. The maximum absolute atomic E-state index is 4.96. The fourth-order valence-electron chi connectivity index (χ4n) is 1.64. The third-order valence-electron chi connectivity index (χ3n) is 2.40. The van der Waals surface area contributed by atoms with Crippen LogP contribution in [0.5, 0.6) is 0 Å². The Kier molecular flexibility index (Phi) is 11.0. The zero-order chi connectivity index (χ0) is 14.5. The third kappa shape index (κ3) is 7.65. The summed E-state index contributed by atoms with van der Waals surface area (Å²) in [5.74, 6) is 1.46. The minimum absolute atomic E-state index is 0. The summed E-state index contributed by atoms with van der Waals surface area (Å²) < 4.78 is 0. The molecule has 10 heteroatoms. The Morgan fingerprint density at radius 3 is 1.45 bits per heavy atom. The van der Waals surface area contributed by atoms with Gasteiger partial charge in [0.15, 0.2) is 0 Å². The van der Waals surface area contributed by atoms with Crippen molar-refractivity contribution in [3.05, 3.63) is 23.5 Å². The molecule has 0 unspecified atom stereocenters. The topological polar surface area (TPSA) is 75.6 Å². The number of nitrogens with one attached hydrogen (secondary N) is 2. The number of anilines is 2. The summed E-state index contributed by atoms with van der Waals surface area (Å²) in [5.41, 5.74) is 1.70. The molecule has 22 heavy (non-hydrogen) atoms. The van der Waals surface area contributed by atoms with E-state index in [1.54, 1.807) is 0 Å². The molecule has 0 aliphatic rings. The molecular weight excluding hydrogens is 338 g/mol. The molecule has 0 saturated heterocycles. The second-order valence-electron chi connectivity index (χ2n) is 4.21. The monoisotopic (exact) mass is 352 g/mol. The van der Waals surface area contributed by atoms with Crippen molar-refractivity contribution in [1.82, 2.24) is 19.9 Å². The SMILES string of the molecule is Cc1cc(NCCNc2cc(C)nc([S-])n2)nc([S-])n1.[Na+].[Na+]. The van der Waals surface area contributed by atoms with E-state index < -0.39 is 0 Å². The Balaban J connectivity index is 0.00000220. The van der Waals surface area contributed by atoms with Crippen molar-refractivity contribution in [2.24, 2.45) is 0 Å². The first-order valence-corrected chi connectivity index (χ1v) is 6.88. The maximum Gasteiger partial charge on any atom is 1.00 e. The number of aryl methyl sites for hydroxylation is 2. The first kappa shape index (κ1) is 22.2. The van der Waals surface area contributed by atoms with Gasteiger partial charge in [-0.1, -0.05) is 0 Å². The van der Waals surface area contributed by atoms with Gasteiger partial charge in [0.2, 0.25) is 0 Å². The molecule has 2 aromatic rings. The van der Waals surface area contributed by atoms with Crippen molar-refractivity contribution < 1.29 is 59.1 Å².